The number of carbonyl (C=O) groups is 5. The van der Waals surface area contributed by atoms with Crippen molar-refractivity contribution >= 4 is 53.1 Å². The SMILES string of the molecule is CNC(=O)CCC(C=O)N1C(=O)c2cccc(N(C)CCCCCNC(=O)c3ccc(-c4cnc5ncc(Cc6ccc7c(c6)C=CCN7)n5n4)cc3F)c2C1=O. The largest absolute Gasteiger partial charge is 0.381 e. The topological polar surface area (TPSA) is 171 Å². The van der Waals surface area contributed by atoms with E-state index < -0.39 is 29.6 Å². The van der Waals surface area contributed by atoms with Crippen LogP contribution in [0, 0.1) is 5.82 Å². The Hall–Kier alpha value is -6.77. The number of unbranched alkanes of at least 4 members (excludes halogenated alkanes) is 2. The number of halogens is 1. The van der Waals surface area contributed by atoms with Crippen LogP contribution in [0.2, 0.25) is 0 Å². The van der Waals surface area contributed by atoms with Crippen LogP contribution in [0.25, 0.3) is 23.1 Å². The summed E-state index contributed by atoms with van der Waals surface area (Å²) >= 11 is 0. The van der Waals surface area contributed by atoms with Gasteiger partial charge in [-0.25, -0.2) is 18.9 Å². The Kier molecular flexibility index (Phi) is 11.4. The Bertz CT molecular complexity index is 2410. The van der Waals surface area contributed by atoms with Crippen molar-refractivity contribution < 1.29 is 28.4 Å². The maximum Gasteiger partial charge on any atom is 0.264 e. The van der Waals surface area contributed by atoms with Gasteiger partial charge in [0.2, 0.25) is 5.91 Å². The van der Waals surface area contributed by atoms with Crippen LogP contribution in [-0.4, -0.2) is 94.2 Å². The molecule has 0 saturated heterocycles. The molecule has 0 aliphatic carbocycles. The van der Waals surface area contributed by atoms with Crippen LogP contribution < -0.4 is 20.9 Å². The number of hydrogen-bond acceptors (Lipinski definition) is 10. The first-order valence-corrected chi connectivity index (χ1v) is 18.9. The van der Waals surface area contributed by atoms with E-state index in [0.29, 0.717) is 61.4 Å². The molecule has 0 fully saturated rings. The second-order valence-corrected chi connectivity index (χ2v) is 14.0. The maximum atomic E-state index is 15.3. The van der Waals surface area contributed by atoms with E-state index in [2.05, 4.69) is 56.3 Å². The fourth-order valence-electron chi connectivity index (χ4n) is 7.15. The highest BCUT2D eigenvalue weighted by Gasteiger charge is 2.42. The van der Waals surface area contributed by atoms with Crippen molar-refractivity contribution in [1.82, 2.24) is 35.1 Å². The molecule has 7 rings (SSSR count). The molecule has 0 bridgehead atoms. The van der Waals surface area contributed by atoms with Gasteiger partial charge < -0.3 is 25.6 Å². The van der Waals surface area contributed by atoms with Gasteiger partial charge in [0.05, 0.1) is 46.5 Å². The Labute approximate surface area is 328 Å². The lowest BCUT2D eigenvalue weighted by atomic mass is 10.0. The quantitative estimate of drug-likeness (QED) is 0.0727. The lowest BCUT2D eigenvalue weighted by Gasteiger charge is -2.23. The smallest absolute Gasteiger partial charge is 0.264 e. The van der Waals surface area contributed by atoms with Gasteiger partial charge in [0, 0.05) is 57.8 Å². The molecule has 0 radical (unpaired) electrons. The third kappa shape index (κ3) is 8.13. The highest BCUT2D eigenvalue weighted by atomic mass is 19.1. The number of amides is 4. The summed E-state index contributed by atoms with van der Waals surface area (Å²) in [5.74, 6) is -2.20. The summed E-state index contributed by atoms with van der Waals surface area (Å²) in [6.07, 6.45) is 10.6. The summed E-state index contributed by atoms with van der Waals surface area (Å²) in [4.78, 5) is 74.8. The molecule has 15 heteroatoms. The molecule has 2 aliphatic heterocycles. The van der Waals surface area contributed by atoms with Crippen LogP contribution in [-0.2, 0) is 16.0 Å². The molecule has 4 heterocycles. The Balaban J connectivity index is 0.905. The molecule has 1 atom stereocenters. The van der Waals surface area contributed by atoms with E-state index in [1.54, 1.807) is 35.0 Å². The first-order valence-electron chi connectivity index (χ1n) is 18.9. The summed E-state index contributed by atoms with van der Waals surface area (Å²) in [7, 11) is 3.29. The number of fused-ring (bicyclic) bond motifs is 3. The lowest BCUT2D eigenvalue weighted by Crippen LogP contribution is -2.41. The van der Waals surface area contributed by atoms with E-state index in [-0.39, 0.29) is 35.4 Å². The molecule has 2 aromatic heterocycles. The van der Waals surface area contributed by atoms with Crippen LogP contribution in [0.5, 0.6) is 0 Å². The van der Waals surface area contributed by atoms with Crippen molar-refractivity contribution in [3.05, 3.63) is 112 Å². The minimum absolute atomic E-state index is 0.00286. The van der Waals surface area contributed by atoms with Gasteiger partial charge in [0.25, 0.3) is 23.5 Å². The van der Waals surface area contributed by atoms with Crippen LogP contribution in [0.4, 0.5) is 15.8 Å². The zero-order valence-corrected chi connectivity index (χ0v) is 31.6. The molecule has 1 unspecified atom stereocenters. The fraction of sp³-hybridized carbons (Fsp3) is 0.286. The molecule has 3 N–H and O–H groups in total. The van der Waals surface area contributed by atoms with Crippen LogP contribution in [0.3, 0.4) is 0 Å². The van der Waals surface area contributed by atoms with Crippen molar-refractivity contribution in [1.29, 1.82) is 0 Å². The van der Waals surface area contributed by atoms with Crippen molar-refractivity contribution in [2.24, 2.45) is 0 Å². The summed E-state index contributed by atoms with van der Waals surface area (Å²) in [6.45, 7) is 1.68. The lowest BCUT2D eigenvalue weighted by molar-refractivity contribution is -0.121. The van der Waals surface area contributed by atoms with Gasteiger partial charge in [-0.05, 0) is 73.2 Å². The average molecular weight is 772 g/mol. The van der Waals surface area contributed by atoms with Crippen LogP contribution in [0.15, 0.2) is 73.1 Å². The highest BCUT2D eigenvalue weighted by Crippen LogP contribution is 2.33. The molecule has 57 heavy (non-hydrogen) atoms. The second-order valence-electron chi connectivity index (χ2n) is 14.0. The van der Waals surface area contributed by atoms with Gasteiger partial charge in [0.1, 0.15) is 17.8 Å². The van der Waals surface area contributed by atoms with E-state index in [0.717, 1.165) is 40.4 Å². The first kappa shape index (κ1) is 38.5. The number of imide groups is 1. The van der Waals surface area contributed by atoms with Gasteiger partial charge in [-0.3, -0.25) is 24.1 Å². The summed E-state index contributed by atoms with van der Waals surface area (Å²) in [5, 5.41) is 13.3. The number of aromatic nitrogens is 4. The summed E-state index contributed by atoms with van der Waals surface area (Å²) in [6, 6.07) is 14.6. The minimum Gasteiger partial charge on any atom is -0.381 e. The van der Waals surface area contributed by atoms with Crippen LogP contribution >= 0.6 is 0 Å². The zero-order chi connectivity index (χ0) is 40.1. The molecule has 3 aromatic carbocycles. The van der Waals surface area contributed by atoms with Crippen molar-refractivity contribution in [2.45, 2.75) is 44.6 Å². The fourth-order valence-corrected chi connectivity index (χ4v) is 7.15. The van der Waals surface area contributed by atoms with Crippen molar-refractivity contribution in [3.63, 3.8) is 0 Å². The number of rotatable bonds is 16. The van der Waals surface area contributed by atoms with Crippen LogP contribution in [0.1, 0.15) is 80.0 Å². The predicted molar refractivity (Wildman–Crippen MR) is 212 cm³/mol. The Morgan fingerprint density at radius 2 is 1.88 bits per heavy atom. The molecule has 2 aliphatic rings. The molecule has 0 spiro atoms. The average Bonchev–Trinajstić information content (AvgIpc) is 3.75. The zero-order valence-electron chi connectivity index (χ0n) is 31.6. The maximum absolute atomic E-state index is 15.3. The van der Waals surface area contributed by atoms with Gasteiger partial charge >= 0.3 is 0 Å². The van der Waals surface area contributed by atoms with E-state index in [9.17, 15) is 24.0 Å². The number of imidazole rings is 1. The molecule has 5 aromatic rings. The number of hydrogen-bond donors (Lipinski definition) is 3. The Morgan fingerprint density at radius 1 is 1.04 bits per heavy atom. The minimum atomic E-state index is -1.05. The molecular weight excluding hydrogens is 730 g/mol. The number of nitrogens with zero attached hydrogens (tertiary/aromatic N) is 6. The second kappa shape index (κ2) is 16.9. The predicted octanol–water partition coefficient (Wildman–Crippen LogP) is 4.69. The third-order valence-corrected chi connectivity index (χ3v) is 10.2. The molecule has 292 valence electrons. The number of aldehydes is 1. The van der Waals surface area contributed by atoms with Crippen molar-refractivity contribution in [2.75, 3.05) is 43.9 Å². The van der Waals surface area contributed by atoms with Gasteiger partial charge in [-0.2, -0.15) is 5.10 Å². The van der Waals surface area contributed by atoms with E-state index >= 15 is 4.39 Å². The standard InChI is InChI=1S/C42H42FN9O5/c1-44-37(54)16-13-29(25-53)51-40(56)32-9-6-10-36(38(32)41(51)57)50(2)19-5-3-4-17-46-39(55)31-14-12-28(22-33(31)43)35-24-48-42-47-23-30(52(42)49-35)21-26-11-15-34-27(20-26)8-7-18-45-34/h6-12,14-15,20,22-25,29,45H,3-5,13,16-19,21H2,1-2H3,(H,44,54)(H,46,55). The van der Waals surface area contributed by atoms with Gasteiger partial charge in [-0.15, -0.1) is 0 Å². The molecule has 4 amide bonds. The normalized spacial score (nSPS) is 13.6. The summed E-state index contributed by atoms with van der Waals surface area (Å²) < 4.78 is 17.0. The van der Waals surface area contributed by atoms with Gasteiger partial charge in [-0.1, -0.05) is 30.4 Å². The highest BCUT2D eigenvalue weighted by molar-refractivity contribution is 6.24. The number of benzene rings is 3. The molecule has 14 nitrogen and oxygen atoms in total. The Morgan fingerprint density at radius 3 is 2.68 bits per heavy atom. The number of nitrogens with one attached hydrogen (secondary N) is 3. The van der Waals surface area contributed by atoms with E-state index in [4.69, 9.17) is 5.10 Å². The number of carbonyl (C=O) groups excluding carboxylic acids is 5. The van der Waals surface area contributed by atoms with E-state index in [1.165, 1.54) is 25.4 Å². The van der Waals surface area contributed by atoms with E-state index in [1.807, 2.05) is 11.9 Å². The monoisotopic (exact) mass is 771 g/mol. The van der Waals surface area contributed by atoms with Gasteiger partial charge in [0.15, 0.2) is 0 Å². The van der Waals surface area contributed by atoms with Crippen molar-refractivity contribution in [3.8, 4) is 11.3 Å². The first-order chi connectivity index (χ1) is 27.7. The molecule has 0 saturated carbocycles. The number of anilines is 2. The molecular formula is C42H42FN9O5. The third-order valence-electron chi connectivity index (χ3n) is 10.2. The summed E-state index contributed by atoms with van der Waals surface area (Å²) in [5.41, 5.74) is 5.97.